The van der Waals surface area contributed by atoms with Crippen LogP contribution < -0.4 is 5.32 Å². The number of rotatable bonds is 4. The predicted octanol–water partition coefficient (Wildman–Crippen LogP) is 1.32. The summed E-state index contributed by atoms with van der Waals surface area (Å²) in [6, 6.07) is 9.00. The highest BCUT2D eigenvalue weighted by Gasteiger charge is 2.25. The second kappa shape index (κ2) is 8.17. The minimum Gasteiger partial charge on any atom is -0.450 e. The Kier molecular flexibility index (Phi) is 5.96. The molecule has 1 N–H and O–H groups in total. The van der Waals surface area contributed by atoms with Crippen LogP contribution in [-0.4, -0.2) is 60.5 Å². The summed E-state index contributed by atoms with van der Waals surface area (Å²) in [5.41, 5.74) is 0.664. The number of carbonyl (C=O) groups excluding carboxylic acids is 3. The fourth-order valence-electron chi connectivity index (χ4n) is 2.33. The van der Waals surface area contributed by atoms with Crippen LogP contribution in [0.3, 0.4) is 0 Å². The third-order valence-corrected chi connectivity index (χ3v) is 3.53. The van der Waals surface area contributed by atoms with Crippen LogP contribution in [0.1, 0.15) is 13.3 Å². The van der Waals surface area contributed by atoms with Gasteiger partial charge in [-0.25, -0.2) is 4.79 Å². The van der Waals surface area contributed by atoms with Gasteiger partial charge in [-0.15, -0.1) is 0 Å². The highest BCUT2D eigenvalue weighted by molar-refractivity contribution is 6.03. The Hall–Kier alpha value is -2.57. The van der Waals surface area contributed by atoms with Gasteiger partial charge in [0.15, 0.2) is 0 Å². The molecule has 7 heteroatoms. The van der Waals surface area contributed by atoms with E-state index in [-0.39, 0.29) is 24.3 Å². The number of piperazine rings is 1. The quantitative estimate of drug-likeness (QED) is 0.849. The van der Waals surface area contributed by atoms with Gasteiger partial charge in [0.1, 0.15) is 6.42 Å². The lowest BCUT2D eigenvalue weighted by atomic mass is 10.2. The molecule has 0 aromatic heterocycles. The number of anilines is 1. The summed E-state index contributed by atoms with van der Waals surface area (Å²) >= 11 is 0. The zero-order chi connectivity index (χ0) is 16.7. The van der Waals surface area contributed by atoms with Crippen LogP contribution in [0.5, 0.6) is 0 Å². The number of hydrogen-bond acceptors (Lipinski definition) is 4. The summed E-state index contributed by atoms with van der Waals surface area (Å²) in [5.74, 6) is -0.573. The maximum atomic E-state index is 12.1. The minimum atomic E-state index is -0.360. The van der Waals surface area contributed by atoms with E-state index >= 15 is 0 Å². The Bertz CT molecular complexity index is 554. The normalized spacial score (nSPS) is 14.3. The molecule has 0 saturated carbocycles. The molecule has 0 aliphatic carbocycles. The second-order valence-electron chi connectivity index (χ2n) is 5.16. The number of para-hydroxylation sites is 1. The Morgan fingerprint density at radius 1 is 1.04 bits per heavy atom. The van der Waals surface area contributed by atoms with Crippen LogP contribution in [0.15, 0.2) is 30.3 Å². The van der Waals surface area contributed by atoms with E-state index in [0.29, 0.717) is 38.5 Å². The van der Waals surface area contributed by atoms with Gasteiger partial charge in [0.25, 0.3) is 0 Å². The number of ether oxygens (including phenoxy) is 1. The fourth-order valence-corrected chi connectivity index (χ4v) is 2.33. The Balaban J connectivity index is 1.76. The number of nitrogens with one attached hydrogen (secondary N) is 1. The van der Waals surface area contributed by atoms with Gasteiger partial charge in [-0.05, 0) is 19.1 Å². The molecule has 1 aliphatic rings. The van der Waals surface area contributed by atoms with Gasteiger partial charge in [-0.1, -0.05) is 18.2 Å². The van der Waals surface area contributed by atoms with Gasteiger partial charge in [0.05, 0.1) is 6.61 Å². The van der Waals surface area contributed by atoms with Crippen molar-refractivity contribution in [2.24, 2.45) is 0 Å². The van der Waals surface area contributed by atoms with Gasteiger partial charge < -0.3 is 19.9 Å². The first-order chi connectivity index (χ1) is 11.1. The molecular weight excluding hydrogens is 298 g/mol. The number of nitrogens with zero attached hydrogens (tertiary/aromatic N) is 2. The molecule has 2 rings (SSSR count). The molecule has 0 radical (unpaired) electrons. The Morgan fingerprint density at radius 2 is 1.65 bits per heavy atom. The zero-order valence-corrected chi connectivity index (χ0v) is 13.2. The van der Waals surface area contributed by atoms with Crippen LogP contribution in [0.25, 0.3) is 0 Å². The molecule has 1 fully saturated rings. The van der Waals surface area contributed by atoms with Gasteiger partial charge in [-0.2, -0.15) is 0 Å². The first-order valence-corrected chi connectivity index (χ1v) is 7.64. The molecule has 0 atom stereocenters. The molecule has 124 valence electrons. The van der Waals surface area contributed by atoms with Gasteiger partial charge in [0, 0.05) is 31.9 Å². The largest absolute Gasteiger partial charge is 0.450 e. The SMILES string of the molecule is CCOC(=O)N1CCN(C(=O)CC(=O)Nc2ccccc2)CC1. The summed E-state index contributed by atoms with van der Waals surface area (Å²) in [7, 11) is 0. The van der Waals surface area contributed by atoms with Crippen molar-refractivity contribution in [1.29, 1.82) is 0 Å². The molecule has 0 spiro atoms. The molecule has 1 aromatic carbocycles. The van der Waals surface area contributed by atoms with E-state index in [2.05, 4.69) is 5.32 Å². The smallest absolute Gasteiger partial charge is 0.409 e. The predicted molar refractivity (Wildman–Crippen MR) is 84.9 cm³/mol. The van der Waals surface area contributed by atoms with Gasteiger partial charge in [0.2, 0.25) is 11.8 Å². The van der Waals surface area contributed by atoms with Crippen LogP contribution in [-0.2, 0) is 14.3 Å². The molecule has 0 bridgehead atoms. The maximum Gasteiger partial charge on any atom is 0.409 e. The summed E-state index contributed by atoms with van der Waals surface area (Å²) < 4.78 is 4.93. The number of amides is 3. The third-order valence-electron chi connectivity index (χ3n) is 3.53. The first-order valence-electron chi connectivity index (χ1n) is 7.64. The molecule has 1 heterocycles. The fraction of sp³-hybridized carbons (Fsp3) is 0.438. The molecular formula is C16H21N3O4. The van der Waals surface area contributed by atoms with E-state index in [4.69, 9.17) is 4.74 Å². The molecule has 7 nitrogen and oxygen atoms in total. The maximum absolute atomic E-state index is 12.1. The van der Waals surface area contributed by atoms with Crippen molar-refractivity contribution < 1.29 is 19.1 Å². The number of benzene rings is 1. The summed E-state index contributed by atoms with van der Waals surface area (Å²) in [4.78, 5) is 38.8. The summed E-state index contributed by atoms with van der Waals surface area (Å²) in [6.45, 7) is 3.75. The lowest BCUT2D eigenvalue weighted by Crippen LogP contribution is -2.51. The van der Waals surface area contributed by atoms with E-state index in [0.717, 1.165) is 0 Å². The summed E-state index contributed by atoms with van der Waals surface area (Å²) in [5, 5.41) is 2.68. The highest BCUT2D eigenvalue weighted by atomic mass is 16.6. The zero-order valence-electron chi connectivity index (χ0n) is 13.2. The average Bonchev–Trinajstić information content (AvgIpc) is 2.56. The molecule has 0 unspecified atom stereocenters. The van der Waals surface area contributed by atoms with Crippen LogP contribution >= 0.6 is 0 Å². The monoisotopic (exact) mass is 319 g/mol. The number of hydrogen-bond donors (Lipinski definition) is 1. The lowest BCUT2D eigenvalue weighted by molar-refractivity contribution is -0.135. The van der Waals surface area contributed by atoms with E-state index in [1.807, 2.05) is 18.2 Å². The van der Waals surface area contributed by atoms with Crippen molar-refractivity contribution in [1.82, 2.24) is 9.80 Å². The topological polar surface area (TPSA) is 79.0 Å². The van der Waals surface area contributed by atoms with E-state index in [1.54, 1.807) is 28.9 Å². The second-order valence-corrected chi connectivity index (χ2v) is 5.16. The molecule has 3 amide bonds. The molecule has 23 heavy (non-hydrogen) atoms. The van der Waals surface area contributed by atoms with Crippen molar-refractivity contribution in [2.45, 2.75) is 13.3 Å². The van der Waals surface area contributed by atoms with Crippen LogP contribution in [0.4, 0.5) is 10.5 Å². The van der Waals surface area contributed by atoms with E-state index in [1.165, 1.54) is 0 Å². The third kappa shape index (κ3) is 4.98. The van der Waals surface area contributed by atoms with Gasteiger partial charge >= 0.3 is 6.09 Å². The van der Waals surface area contributed by atoms with Crippen LogP contribution in [0.2, 0.25) is 0 Å². The van der Waals surface area contributed by atoms with Crippen LogP contribution in [0, 0.1) is 0 Å². The minimum absolute atomic E-state index is 0.200. The van der Waals surface area contributed by atoms with Crippen molar-refractivity contribution in [2.75, 3.05) is 38.1 Å². The lowest BCUT2D eigenvalue weighted by Gasteiger charge is -2.34. The first kappa shape index (κ1) is 16.8. The summed E-state index contributed by atoms with van der Waals surface area (Å²) in [6.07, 6.45) is -0.560. The van der Waals surface area contributed by atoms with E-state index in [9.17, 15) is 14.4 Å². The van der Waals surface area contributed by atoms with Crippen molar-refractivity contribution in [3.05, 3.63) is 30.3 Å². The molecule has 1 saturated heterocycles. The standard InChI is InChI=1S/C16H21N3O4/c1-2-23-16(22)19-10-8-18(9-11-19)15(21)12-14(20)17-13-6-4-3-5-7-13/h3-7H,2,8-12H2,1H3,(H,17,20). The Morgan fingerprint density at radius 3 is 2.26 bits per heavy atom. The Labute approximate surface area is 135 Å². The van der Waals surface area contributed by atoms with Crippen molar-refractivity contribution in [3.8, 4) is 0 Å². The highest BCUT2D eigenvalue weighted by Crippen LogP contribution is 2.08. The van der Waals surface area contributed by atoms with Crippen molar-refractivity contribution >= 4 is 23.6 Å². The molecule has 1 aromatic rings. The van der Waals surface area contributed by atoms with Crippen molar-refractivity contribution in [3.63, 3.8) is 0 Å². The van der Waals surface area contributed by atoms with Gasteiger partial charge in [-0.3, -0.25) is 9.59 Å². The number of carbonyl (C=O) groups is 3. The average molecular weight is 319 g/mol. The van der Waals surface area contributed by atoms with E-state index < -0.39 is 0 Å². The molecule has 1 aliphatic heterocycles.